The smallest absolute Gasteiger partial charge is 0.243 e. The number of hydrogen-bond acceptors (Lipinski definition) is 3. The molecule has 0 bridgehead atoms. The van der Waals surface area contributed by atoms with Gasteiger partial charge in [-0.25, -0.2) is 0 Å². The highest BCUT2D eigenvalue weighted by Gasteiger charge is 2.09. The average molecular weight is 311 g/mol. The van der Waals surface area contributed by atoms with Crippen molar-refractivity contribution in [3.05, 3.63) is 59.4 Å². The molecule has 0 atom stereocenters. The third-order valence-electron chi connectivity index (χ3n) is 3.56. The summed E-state index contributed by atoms with van der Waals surface area (Å²) < 4.78 is 0. The summed E-state index contributed by atoms with van der Waals surface area (Å²) in [6.45, 7) is 3.85. The first-order chi connectivity index (χ1) is 11.1. The summed E-state index contributed by atoms with van der Waals surface area (Å²) in [5.74, 6) is -0.373. The zero-order valence-electron chi connectivity index (χ0n) is 13.4. The second kappa shape index (κ2) is 8.08. The molecule has 0 unspecified atom stereocenters. The monoisotopic (exact) mass is 311 g/mol. The molecule has 120 valence electrons. The summed E-state index contributed by atoms with van der Waals surface area (Å²) in [5.41, 5.74) is 3.81. The van der Waals surface area contributed by atoms with Gasteiger partial charge in [0.15, 0.2) is 0 Å². The Bertz CT molecular complexity index is 664. The Balaban J connectivity index is 1.77. The number of rotatable bonds is 6. The molecule has 2 rings (SSSR count). The molecule has 0 fully saturated rings. The van der Waals surface area contributed by atoms with Crippen LogP contribution in [0.5, 0.6) is 0 Å². The summed E-state index contributed by atoms with van der Waals surface area (Å²) in [6.07, 6.45) is 4.38. The normalized spacial score (nSPS) is 10.2. The highest BCUT2D eigenvalue weighted by atomic mass is 16.2. The predicted molar refractivity (Wildman–Crippen MR) is 90.1 cm³/mol. The Hall–Kier alpha value is -2.69. The van der Waals surface area contributed by atoms with E-state index in [0.717, 1.165) is 22.4 Å². The molecule has 2 N–H and O–H groups in total. The fourth-order valence-electron chi connectivity index (χ4n) is 2.27. The largest absolute Gasteiger partial charge is 0.347 e. The van der Waals surface area contributed by atoms with Crippen LogP contribution in [0.15, 0.2) is 42.7 Å². The molecule has 0 spiro atoms. The Morgan fingerprint density at radius 2 is 1.78 bits per heavy atom. The van der Waals surface area contributed by atoms with Gasteiger partial charge in [-0.05, 0) is 43.0 Å². The molecule has 2 aromatic rings. The van der Waals surface area contributed by atoms with Crippen molar-refractivity contribution in [1.29, 1.82) is 0 Å². The van der Waals surface area contributed by atoms with Crippen molar-refractivity contribution >= 4 is 17.5 Å². The summed E-state index contributed by atoms with van der Waals surface area (Å²) >= 11 is 0. The van der Waals surface area contributed by atoms with Crippen molar-refractivity contribution in [3.63, 3.8) is 0 Å². The summed E-state index contributed by atoms with van der Waals surface area (Å²) in [7, 11) is 0. The van der Waals surface area contributed by atoms with E-state index in [0.29, 0.717) is 12.8 Å². The zero-order valence-corrected chi connectivity index (χ0v) is 13.4. The number of carbonyl (C=O) groups excluding carboxylic acids is 2. The van der Waals surface area contributed by atoms with Crippen LogP contribution in [0.2, 0.25) is 0 Å². The van der Waals surface area contributed by atoms with E-state index in [1.807, 2.05) is 44.2 Å². The van der Waals surface area contributed by atoms with Gasteiger partial charge < -0.3 is 10.6 Å². The Kier molecular flexibility index (Phi) is 5.86. The molecule has 0 aliphatic heterocycles. The molecular formula is C18H21N3O2. The summed E-state index contributed by atoms with van der Waals surface area (Å²) in [6, 6.07) is 9.59. The second-order valence-corrected chi connectivity index (χ2v) is 5.45. The van der Waals surface area contributed by atoms with Crippen LogP contribution in [0.1, 0.15) is 23.1 Å². The van der Waals surface area contributed by atoms with E-state index in [4.69, 9.17) is 0 Å². The van der Waals surface area contributed by atoms with Crippen molar-refractivity contribution < 1.29 is 9.59 Å². The lowest BCUT2D eigenvalue weighted by atomic mass is 10.1. The number of nitrogens with one attached hydrogen (secondary N) is 2. The molecule has 5 heteroatoms. The van der Waals surface area contributed by atoms with Crippen LogP contribution >= 0.6 is 0 Å². The van der Waals surface area contributed by atoms with E-state index < -0.39 is 0 Å². The van der Waals surface area contributed by atoms with Gasteiger partial charge in [0.2, 0.25) is 11.8 Å². The van der Waals surface area contributed by atoms with Gasteiger partial charge in [0, 0.05) is 24.5 Å². The van der Waals surface area contributed by atoms with Crippen molar-refractivity contribution in [3.8, 4) is 0 Å². The number of aromatic nitrogens is 1. The first-order valence-electron chi connectivity index (χ1n) is 7.58. The first-order valence-corrected chi connectivity index (χ1v) is 7.58. The number of aryl methyl sites for hydroxylation is 3. The third kappa shape index (κ3) is 5.21. The highest BCUT2D eigenvalue weighted by Crippen LogP contribution is 2.18. The molecule has 0 radical (unpaired) electrons. The van der Waals surface area contributed by atoms with E-state index in [-0.39, 0.29) is 18.4 Å². The molecule has 2 amide bonds. The molecular weight excluding hydrogens is 290 g/mol. The molecule has 1 heterocycles. The van der Waals surface area contributed by atoms with Gasteiger partial charge in [-0.1, -0.05) is 24.3 Å². The quantitative estimate of drug-likeness (QED) is 0.860. The van der Waals surface area contributed by atoms with E-state index in [1.54, 1.807) is 12.4 Å². The van der Waals surface area contributed by atoms with Gasteiger partial charge in [0.25, 0.3) is 0 Å². The van der Waals surface area contributed by atoms with E-state index in [9.17, 15) is 9.59 Å². The molecule has 23 heavy (non-hydrogen) atoms. The Labute approximate surface area is 136 Å². The molecule has 0 saturated heterocycles. The molecule has 1 aromatic carbocycles. The standard InChI is InChI=1S/C18H21N3O2/c1-13-5-3-6-14(2)18(13)21-17(23)12-20-16(22)9-8-15-7-4-10-19-11-15/h3-7,10-11H,8-9,12H2,1-2H3,(H,20,22)(H,21,23). The van der Waals surface area contributed by atoms with Crippen molar-refractivity contribution in [2.24, 2.45) is 0 Å². The summed E-state index contributed by atoms with van der Waals surface area (Å²) in [4.78, 5) is 27.8. The average Bonchev–Trinajstić information content (AvgIpc) is 2.55. The van der Waals surface area contributed by atoms with E-state index in [2.05, 4.69) is 15.6 Å². The van der Waals surface area contributed by atoms with Gasteiger partial charge in [0.1, 0.15) is 0 Å². The number of para-hydroxylation sites is 1. The van der Waals surface area contributed by atoms with Crippen LogP contribution in [0.4, 0.5) is 5.69 Å². The lowest BCUT2D eigenvalue weighted by molar-refractivity contribution is -0.124. The summed E-state index contributed by atoms with van der Waals surface area (Å²) in [5, 5.41) is 5.48. The lowest BCUT2D eigenvalue weighted by Gasteiger charge is -2.12. The number of anilines is 1. The Morgan fingerprint density at radius 1 is 1.04 bits per heavy atom. The van der Waals surface area contributed by atoms with Crippen LogP contribution in [0, 0.1) is 13.8 Å². The fraction of sp³-hybridized carbons (Fsp3) is 0.278. The lowest BCUT2D eigenvalue weighted by Crippen LogP contribution is -2.33. The van der Waals surface area contributed by atoms with Gasteiger partial charge >= 0.3 is 0 Å². The number of hydrogen-bond donors (Lipinski definition) is 2. The van der Waals surface area contributed by atoms with Crippen LogP contribution < -0.4 is 10.6 Å². The predicted octanol–water partition coefficient (Wildman–Crippen LogP) is 2.39. The van der Waals surface area contributed by atoms with E-state index >= 15 is 0 Å². The van der Waals surface area contributed by atoms with Gasteiger partial charge in [0.05, 0.1) is 6.54 Å². The van der Waals surface area contributed by atoms with Crippen LogP contribution in [-0.2, 0) is 16.0 Å². The zero-order chi connectivity index (χ0) is 16.7. The number of carbonyl (C=O) groups is 2. The minimum Gasteiger partial charge on any atom is -0.347 e. The molecule has 0 saturated carbocycles. The maximum atomic E-state index is 12.0. The molecule has 0 aliphatic carbocycles. The van der Waals surface area contributed by atoms with Gasteiger partial charge in [-0.2, -0.15) is 0 Å². The molecule has 1 aromatic heterocycles. The number of amides is 2. The number of benzene rings is 1. The Morgan fingerprint density at radius 3 is 2.43 bits per heavy atom. The SMILES string of the molecule is Cc1cccc(C)c1NC(=O)CNC(=O)CCc1cccnc1. The van der Waals surface area contributed by atoms with Crippen molar-refractivity contribution in [2.75, 3.05) is 11.9 Å². The van der Waals surface area contributed by atoms with Gasteiger partial charge in [-0.15, -0.1) is 0 Å². The molecule has 0 aliphatic rings. The fourth-order valence-corrected chi connectivity index (χ4v) is 2.27. The van der Waals surface area contributed by atoms with Gasteiger partial charge in [-0.3, -0.25) is 14.6 Å². The van der Waals surface area contributed by atoms with E-state index in [1.165, 1.54) is 0 Å². The number of pyridine rings is 1. The minimum absolute atomic E-state index is 0.0281. The van der Waals surface area contributed by atoms with Crippen LogP contribution in [0.3, 0.4) is 0 Å². The second-order valence-electron chi connectivity index (χ2n) is 5.45. The number of nitrogens with zero attached hydrogens (tertiary/aromatic N) is 1. The third-order valence-corrected chi connectivity index (χ3v) is 3.56. The minimum atomic E-state index is -0.225. The maximum absolute atomic E-state index is 12.0. The van der Waals surface area contributed by atoms with Crippen LogP contribution in [0.25, 0.3) is 0 Å². The molecule has 5 nitrogen and oxygen atoms in total. The van der Waals surface area contributed by atoms with Crippen LogP contribution in [-0.4, -0.2) is 23.3 Å². The highest BCUT2D eigenvalue weighted by molar-refractivity contribution is 5.95. The first kappa shape index (κ1) is 16.7. The van der Waals surface area contributed by atoms with Crippen molar-refractivity contribution in [1.82, 2.24) is 10.3 Å². The maximum Gasteiger partial charge on any atom is 0.243 e. The topological polar surface area (TPSA) is 71.1 Å². The van der Waals surface area contributed by atoms with Crippen molar-refractivity contribution in [2.45, 2.75) is 26.7 Å².